The second kappa shape index (κ2) is 6.31. The molecule has 0 bridgehead atoms. The Morgan fingerprint density at radius 2 is 2.00 bits per heavy atom. The number of fused-ring (bicyclic) bond motifs is 1. The molecule has 0 aromatic carbocycles. The maximum atomic E-state index is 13.7. The molecule has 140 valence electrons. The first-order valence-corrected chi connectivity index (χ1v) is 7.60. The van der Waals surface area contributed by atoms with Crippen molar-refractivity contribution in [3.05, 3.63) is 57.6 Å². The number of aromatic hydroxyl groups is 1. The average Bonchev–Trinajstić information content (AvgIpc) is 2.56. The van der Waals surface area contributed by atoms with E-state index in [0.29, 0.717) is 4.57 Å². The number of rotatable bonds is 2. The van der Waals surface area contributed by atoms with Crippen molar-refractivity contribution in [2.75, 3.05) is 0 Å². The summed E-state index contributed by atoms with van der Waals surface area (Å²) in [7, 11) is 0. The smallest absolute Gasteiger partial charge is 0.417 e. The minimum atomic E-state index is -4.82. The Bertz CT molecular complexity index is 1160. The van der Waals surface area contributed by atoms with Crippen molar-refractivity contribution in [1.82, 2.24) is 19.5 Å². The van der Waals surface area contributed by atoms with Crippen molar-refractivity contribution < 1.29 is 22.7 Å². The molecule has 27 heavy (non-hydrogen) atoms. The summed E-state index contributed by atoms with van der Waals surface area (Å²) in [6.07, 6.45) is -3.71. The zero-order valence-electron chi connectivity index (χ0n) is 13.5. The van der Waals surface area contributed by atoms with E-state index in [1.807, 2.05) is 0 Å². The molecule has 1 N–H and O–H groups in total. The monoisotopic (exact) mass is 400 g/mol. The third-order valence-corrected chi connectivity index (χ3v) is 4.00. The second-order valence-electron chi connectivity index (χ2n) is 5.49. The first-order valence-electron chi connectivity index (χ1n) is 7.22. The minimum Gasteiger partial charge on any atom is -0.493 e. The maximum Gasteiger partial charge on any atom is 0.417 e. The van der Waals surface area contributed by atoms with Gasteiger partial charge in [-0.3, -0.25) is 4.98 Å². The number of alkyl halides is 3. The third kappa shape index (κ3) is 3.12. The SMILES string of the molecule is C=C(c1nccc(C)c1-n1c(=O)nc(O)c2cc(F)c(Cl)nc21)C(F)(F)F. The van der Waals surface area contributed by atoms with E-state index in [-0.39, 0.29) is 22.3 Å². The van der Waals surface area contributed by atoms with Gasteiger partial charge in [-0.05, 0) is 24.6 Å². The standard InChI is InChI=1S/C16H9ClF4N4O2/c1-6-3-4-22-10(7(2)16(19,20)21)11(6)25-13-8(14(26)24-15(25)27)5-9(18)12(17)23-13/h3-5H,2H2,1H3,(H,24,26,27). The lowest BCUT2D eigenvalue weighted by atomic mass is 10.1. The van der Waals surface area contributed by atoms with Crippen LogP contribution in [0.3, 0.4) is 0 Å². The first-order chi connectivity index (χ1) is 12.5. The highest BCUT2D eigenvalue weighted by molar-refractivity contribution is 6.30. The van der Waals surface area contributed by atoms with Gasteiger partial charge in [0.05, 0.1) is 22.3 Å². The first kappa shape index (κ1) is 18.8. The molecular formula is C16H9ClF4N4O2. The molecule has 3 aromatic rings. The van der Waals surface area contributed by atoms with Gasteiger partial charge >= 0.3 is 11.9 Å². The van der Waals surface area contributed by atoms with Gasteiger partial charge in [0.2, 0.25) is 5.88 Å². The Hall–Kier alpha value is -3.01. The van der Waals surface area contributed by atoms with Crippen LogP contribution in [0, 0.1) is 12.7 Å². The van der Waals surface area contributed by atoms with E-state index in [1.165, 1.54) is 13.0 Å². The van der Waals surface area contributed by atoms with Gasteiger partial charge in [0.15, 0.2) is 16.6 Å². The van der Waals surface area contributed by atoms with E-state index in [4.69, 9.17) is 11.6 Å². The fourth-order valence-corrected chi connectivity index (χ4v) is 2.61. The topological polar surface area (TPSA) is 80.9 Å². The zero-order valence-corrected chi connectivity index (χ0v) is 14.2. The number of pyridine rings is 2. The molecule has 0 atom stereocenters. The van der Waals surface area contributed by atoms with Crippen LogP contribution in [-0.4, -0.2) is 30.8 Å². The molecule has 3 rings (SSSR count). The van der Waals surface area contributed by atoms with E-state index in [0.717, 1.165) is 12.3 Å². The van der Waals surface area contributed by atoms with Crippen LogP contribution < -0.4 is 5.69 Å². The fourth-order valence-electron chi connectivity index (χ4n) is 2.47. The summed E-state index contributed by atoms with van der Waals surface area (Å²) >= 11 is 5.65. The molecule has 6 nitrogen and oxygen atoms in total. The molecule has 0 aliphatic rings. The van der Waals surface area contributed by atoms with Crippen molar-refractivity contribution in [1.29, 1.82) is 0 Å². The predicted octanol–water partition coefficient (Wildman–Crippen LogP) is 3.56. The molecule has 0 spiro atoms. The summed E-state index contributed by atoms with van der Waals surface area (Å²) < 4.78 is 54.0. The number of aromatic nitrogens is 4. The number of hydrogen-bond acceptors (Lipinski definition) is 5. The molecule has 0 aliphatic heterocycles. The Labute approximate surface area is 153 Å². The Balaban J connectivity index is 2.50. The molecule has 0 radical (unpaired) electrons. The number of nitrogens with zero attached hydrogens (tertiary/aromatic N) is 4. The van der Waals surface area contributed by atoms with E-state index in [2.05, 4.69) is 21.5 Å². The third-order valence-electron chi connectivity index (χ3n) is 3.74. The predicted molar refractivity (Wildman–Crippen MR) is 89.4 cm³/mol. The largest absolute Gasteiger partial charge is 0.493 e. The normalized spacial score (nSPS) is 11.8. The van der Waals surface area contributed by atoms with E-state index >= 15 is 0 Å². The van der Waals surface area contributed by atoms with Crippen LogP contribution in [0.15, 0.2) is 29.7 Å². The van der Waals surface area contributed by atoms with Gasteiger partial charge in [-0.1, -0.05) is 18.2 Å². The van der Waals surface area contributed by atoms with Crippen LogP contribution in [0.25, 0.3) is 22.3 Å². The molecule has 11 heteroatoms. The van der Waals surface area contributed by atoms with Gasteiger partial charge in [0.25, 0.3) is 0 Å². The lowest BCUT2D eigenvalue weighted by molar-refractivity contribution is -0.0689. The Kier molecular flexibility index (Phi) is 4.38. The van der Waals surface area contributed by atoms with Gasteiger partial charge in [-0.15, -0.1) is 0 Å². The summed E-state index contributed by atoms with van der Waals surface area (Å²) in [5.41, 5.74) is -3.57. The lowest BCUT2D eigenvalue weighted by Gasteiger charge is -2.18. The molecule has 0 saturated carbocycles. The number of halogens is 5. The molecule has 0 unspecified atom stereocenters. The highest BCUT2D eigenvalue weighted by Gasteiger charge is 2.36. The summed E-state index contributed by atoms with van der Waals surface area (Å²) in [4.78, 5) is 23.1. The molecule has 3 heterocycles. The number of hydrogen-bond donors (Lipinski definition) is 1. The van der Waals surface area contributed by atoms with Crippen LogP contribution in [-0.2, 0) is 0 Å². The second-order valence-corrected chi connectivity index (χ2v) is 5.84. The highest BCUT2D eigenvalue weighted by atomic mass is 35.5. The Morgan fingerprint density at radius 3 is 2.63 bits per heavy atom. The van der Waals surface area contributed by atoms with Crippen LogP contribution in [0.1, 0.15) is 11.3 Å². The molecular weight excluding hydrogens is 392 g/mol. The molecule has 0 fully saturated rings. The van der Waals surface area contributed by atoms with Crippen molar-refractivity contribution in [3.8, 4) is 11.6 Å². The maximum absolute atomic E-state index is 13.7. The molecule has 0 saturated heterocycles. The molecule has 0 amide bonds. The number of allylic oxidation sites excluding steroid dienone is 1. The summed E-state index contributed by atoms with van der Waals surface area (Å²) in [6, 6.07) is 2.13. The molecule has 3 aromatic heterocycles. The zero-order chi connectivity index (χ0) is 20.1. The van der Waals surface area contributed by atoms with Gasteiger partial charge in [0, 0.05) is 6.20 Å². The van der Waals surface area contributed by atoms with Gasteiger partial charge in [0.1, 0.15) is 0 Å². The quantitative estimate of drug-likeness (QED) is 0.525. The van der Waals surface area contributed by atoms with Gasteiger partial charge in [-0.2, -0.15) is 18.2 Å². The van der Waals surface area contributed by atoms with Gasteiger partial charge < -0.3 is 5.11 Å². The molecule has 0 aliphatic carbocycles. The highest BCUT2D eigenvalue weighted by Crippen LogP contribution is 2.36. The average molecular weight is 401 g/mol. The van der Waals surface area contributed by atoms with Crippen LogP contribution >= 0.6 is 11.6 Å². The Morgan fingerprint density at radius 1 is 1.33 bits per heavy atom. The van der Waals surface area contributed by atoms with Crippen LogP contribution in [0.2, 0.25) is 5.15 Å². The van der Waals surface area contributed by atoms with Crippen LogP contribution in [0.5, 0.6) is 5.88 Å². The van der Waals surface area contributed by atoms with Gasteiger partial charge in [-0.25, -0.2) is 18.7 Å². The van der Waals surface area contributed by atoms with E-state index in [1.54, 1.807) is 0 Å². The lowest BCUT2D eigenvalue weighted by Crippen LogP contribution is -2.25. The minimum absolute atomic E-state index is 0.212. The summed E-state index contributed by atoms with van der Waals surface area (Å²) in [5.74, 6) is -1.85. The van der Waals surface area contributed by atoms with E-state index in [9.17, 15) is 27.5 Å². The van der Waals surface area contributed by atoms with Crippen LogP contribution in [0.4, 0.5) is 17.6 Å². The summed E-state index contributed by atoms with van der Waals surface area (Å²) in [5, 5.41) is 8.87. The van der Waals surface area contributed by atoms with Crippen molar-refractivity contribution in [3.63, 3.8) is 0 Å². The van der Waals surface area contributed by atoms with Crippen molar-refractivity contribution in [2.24, 2.45) is 0 Å². The number of aryl methyl sites for hydroxylation is 1. The summed E-state index contributed by atoms with van der Waals surface area (Å²) in [6.45, 7) is 4.43. The fraction of sp³-hybridized carbons (Fsp3) is 0.125. The van der Waals surface area contributed by atoms with Crippen molar-refractivity contribution >= 4 is 28.2 Å². The van der Waals surface area contributed by atoms with Crippen molar-refractivity contribution in [2.45, 2.75) is 13.1 Å². The van der Waals surface area contributed by atoms with E-state index < -0.39 is 40.0 Å².